The summed E-state index contributed by atoms with van der Waals surface area (Å²) in [7, 11) is 7.45. The van der Waals surface area contributed by atoms with E-state index in [9.17, 15) is 9.18 Å². The highest BCUT2D eigenvalue weighted by Crippen LogP contribution is 2.39. The average molecular weight is 528 g/mol. The van der Waals surface area contributed by atoms with Gasteiger partial charge in [0.25, 0.3) is 0 Å². The maximum Gasteiger partial charge on any atom is 0.203 e. The first-order valence-corrected chi connectivity index (χ1v) is 11.4. The minimum absolute atomic E-state index is 0.0501. The zero-order chi connectivity index (χ0) is 26.9. The van der Waals surface area contributed by atoms with E-state index in [2.05, 4.69) is 5.32 Å². The number of rotatable bonds is 11. The molecule has 3 aromatic carbocycles. The van der Waals surface area contributed by atoms with E-state index in [-0.39, 0.29) is 11.5 Å². The van der Waals surface area contributed by atoms with Crippen molar-refractivity contribution >= 4 is 35.2 Å². The number of ether oxygens (including phenoxy) is 5. The van der Waals surface area contributed by atoms with Crippen molar-refractivity contribution in [1.29, 1.82) is 0 Å². The second-order valence-electron chi connectivity index (χ2n) is 7.56. The summed E-state index contributed by atoms with van der Waals surface area (Å²) in [5.41, 5.74) is 2.15. The fourth-order valence-corrected chi connectivity index (χ4v) is 3.75. The highest BCUT2D eigenvalue weighted by atomic mass is 35.5. The predicted octanol–water partition coefficient (Wildman–Crippen LogP) is 6.50. The monoisotopic (exact) mass is 527 g/mol. The highest BCUT2D eigenvalue weighted by Gasteiger charge is 2.13. The number of hydrogen-bond donors (Lipinski definition) is 1. The smallest absolute Gasteiger partial charge is 0.203 e. The number of methoxy groups -OCH3 is 5. The van der Waals surface area contributed by atoms with Crippen LogP contribution in [0.5, 0.6) is 28.7 Å². The maximum absolute atomic E-state index is 14.5. The number of ketones is 1. The molecule has 0 aliphatic carbocycles. The van der Waals surface area contributed by atoms with Crippen LogP contribution in [-0.2, 0) is 0 Å². The lowest BCUT2D eigenvalue weighted by atomic mass is 10.1. The van der Waals surface area contributed by atoms with Gasteiger partial charge in [0.1, 0.15) is 5.75 Å². The van der Waals surface area contributed by atoms with E-state index >= 15 is 0 Å². The normalized spacial score (nSPS) is 11.0. The van der Waals surface area contributed by atoms with E-state index in [1.165, 1.54) is 66.0 Å². The van der Waals surface area contributed by atoms with Gasteiger partial charge >= 0.3 is 0 Å². The van der Waals surface area contributed by atoms with E-state index in [1.807, 2.05) is 0 Å². The van der Waals surface area contributed by atoms with Crippen LogP contribution >= 0.6 is 11.6 Å². The summed E-state index contributed by atoms with van der Waals surface area (Å²) in [5, 5.41) is 3.36. The van der Waals surface area contributed by atoms with Crippen molar-refractivity contribution in [3.8, 4) is 28.7 Å². The van der Waals surface area contributed by atoms with Gasteiger partial charge < -0.3 is 29.0 Å². The molecule has 1 N–H and O–H groups in total. The standard InChI is InChI=1S/C28H27ClFNO6/c1-33-24-9-8-19(14-20(24)29)23(32)10-11-31-22-16-25(34-2)21(30)15-18(22)7-6-17-12-26(35-3)28(37-5)27(13-17)36-4/h6-16,31H,1-5H3/b7-6-,11-10-. The lowest BCUT2D eigenvalue weighted by Crippen LogP contribution is -1.99. The molecule has 0 aromatic heterocycles. The van der Waals surface area contributed by atoms with Crippen LogP contribution in [-0.4, -0.2) is 41.3 Å². The predicted molar refractivity (Wildman–Crippen MR) is 143 cm³/mol. The summed E-state index contributed by atoms with van der Waals surface area (Å²) in [6.07, 6.45) is 6.29. The molecule has 0 amide bonds. The Morgan fingerprint density at radius 1 is 0.811 bits per heavy atom. The Morgan fingerprint density at radius 3 is 2.03 bits per heavy atom. The fraction of sp³-hybridized carbons (Fsp3) is 0.179. The SMILES string of the molecule is COc1cc(N/C=C\C(=O)c2ccc(OC)c(Cl)c2)c(/C=C\c2cc(OC)c(OC)c(OC)c2)cc1F. The van der Waals surface area contributed by atoms with Crippen LogP contribution in [0.25, 0.3) is 12.2 Å². The Bertz CT molecular complexity index is 1310. The van der Waals surface area contributed by atoms with Crippen LogP contribution < -0.4 is 29.0 Å². The van der Waals surface area contributed by atoms with Gasteiger partial charge in [-0.3, -0.25) is 4.79 Å². The van der Waals surface area contributed by atoms with Gasteiger partial charge in [-0.2, -0.15) is 0 Å². The van der Waals surface area contributed by atoms with Crippen LogP contribution in [0.15, 0.2) is 54.7 Å². The Morgan fingerprint density at radius 2 is 1.46 bits per heavy atom. The van der Waals surface area contributed by atoms with Crippen LogP contribution in [0.3, 0.4) is 0 Å². The molecule has 0 fully saturated rings. The van der Waals surface area contributed by atoms with Crippen molar-refractivity contribution < 1.29 is 32.9 Å². The minimum atomic E-state index is -0.537. The van der Waals surface area contributed by atoms with Gasteiger partial charge in [0.15, 0.2) is 28.8 Å². The van der Waals surface area contributed by atoms with Gasteiger partial charge in [0.05, 0.1) is 40.6 Å². The molecule has 0 bridgehead atoms. The molecular formula is C28H27ClFNO6. The van der Waals surface area contributed by atoms with Crippen LogP contribution in [0.1, 0.15) is 21.5 Å². The highest BCUT2D eigenvalue weighted by molar-refractivity contribution is 6.32. The first kappa shape index (κ1) is 27.4. The lowest BCUT2D eigenvalue weighted by Gasteiger charge is -2.13. The molecule has 0 aliphatic heterocycles. The molecule has 7 nitrogen and oxygen atoms in total. The number of anilines is 1. The van der Waals surface area contributed by atoms with E-state index < -0.39 is 5.82 Å². The van der Waals surface area contributed by atoms with E-state index in [0.29, 0.717) is 44.8 Å². The van der Waals surface area contributed by atoms with Crippen LogP contribution in [0.2, 0.25) is 5.02 Å². The van der Waals surface area contributed by atoms with Crippen LogP contribution in [0.4, 0.5) is 10.1 Å². The molecule has 0 saturated carbocycles. The van der Waals surface area contributed by atoms with E-state index in [0.717, 1.165) is 5.56 Å². The van der Waals surface area contributed by atoms with Gasteiger partial charge in [-0.15, -0.1) is 0 Å². The average Bonchev–Trinajstić information content (AvgIpc) is 2.91. The van der Waals surface area contributed by atoms with Crippen molar-refractivity contribution in [1.82, 2.24) is 0 Å². The molecule has 0 radical (unpaired) electrons. The summed E-state index contributed by atoms with van der Waals surface area (Å²) in [5.74, 6) is 1.15. The zero-order valence-corrected chi connectivity index (χ0v) is 21.8. The summed E-state index contributed by atoms with van der Waals surface area (Å²) >= 11 is 6.12. The largest absolute Gasteiger partial charge is 0.495 e. The summed E-state index contributed by atoms with van der Waals surface area (Å²) in [6.45, 7) is 0. The van der Waals surface area contributed by atoms with Crippen molar-refractivity contribution in [2.24, 2.45) is 0 Å². The minimum Gasteiger partial charge on any atom is -0.495 e. The topological polar surface area (TPSA) is 75.3 Å². The molecular weight excluding hydrogens is 501 g/mol. The number of halogens is 2. The first-order chi connectivity index (χ1) is 17.8. The van der Waals surface area contributed by atoms with Gasteiger partial charge in [0.2, 0.25) is 5.75 Å². The van der Waals surface area contributed by atoms with Crippen molar-refractivity contribution in [3.05, 3.63) is 82.3 Å². The third-order valence-electron chi connectivity index (χ3n) is 5.38. The summed E-state index contributed by atoms with van der Waals surface area (Å²) < 4.78 is 40.9. The Hall–Kier alpha value is -4.17. The van der Waals surface area contributed by atoms with E-state index in [1.54, 1.807) is 36.4 Å². The number of carbonyl (C=O) groups excluding carboxylic acids is 1. The molecule has 3 aromatic rings. The molecule has 0 aliphatic rings. The van der Waals surface area contributed by atoms with Gasteiger partial charge in [0, 0.05) is 35.2 Å². The maximum atomic E-state index is 14.5. The number of benzene rings is 3. The van der Waals surface area contributed by atoms with E-state index in [4.69, 9.17) is 35.3 Å². The molecule has 9 heteroatoms. The fourth-order valence-electron chi connectivity index (χ4n) is 3.49. The zero-order valence-electron chi connectivity index (χ0n) is 21.1. The third kappa shape index (κ3) is 6.54. The van der Waals surface area contributed by atoms with Crippen molar-refractivity contribution in [2.75, 3.05) is 40.9 Å². The molecule has 194 valence electrons. The third-order valence-corrected chi connectivity index (χ3v) is 5.67. The number of allylic oxidation sites excluding steroid dienone is 1. The summed E-state index contributed by atoms with van der Waals surface area (Å²) in [4.78, 5) is 12.6. The van der Waals surface area contributed by atoms with Crippen molar-refractivity contribution in [3.63, 3.8) is 0 Å². The number of nitrogens with one attached hydrogen (secondary N) is 1. The molecule has 37 heavy (non-hydrogen) atoms. The first-order valence-electron chi connectivity index (χ1n) is 11.0. The van der Waals surface area contributed by atoms with Gasteiger partial charge in [-0.05, 0) is 42.0 Å². The molecule has 0 atom stereocenters. The Kier molecular flexibility index (Phi) is 9.40. The second-order valence-corrected chi connectivity index (χ2v) is 7.96. The Balaban J connectivity index is 1.89. The molecule has 0 saturated heterocycles. The number of hydrogen-bond acceptors (Lipinski definition) is 7. The van der Waals surface area contributed by atoms with Gasteiger partial charge in [-0.25, -0.2) is 4.39 Å². The van der Waals surface area contributed by atoms with Crippen molar-refractivity contribution in [2.45, 2.75) is 0 Å². The molecule has 0 unspecified atom stereocenters. The quantitative estimate of drug-likeness (QED) is 0.173. The second kappa shape index (κ2) is 12.7. The Labute approximate surface area is 220 Å². The van der Waals surface area contributed by atoms with Crippen LogP contribution in [0, 0.1) is 5.82 Å². The van der Waals surface area contributed by atoms with Gasteiger partial charge in [-0.1, -0.05) is 23.8 Å². The lowest BCUT2D eigenvalue weighted by molar-refractivity contribution is 0.104. The summed E-state index contributed by atoms with van der Waals surface area (Å²) in [6, 6.07) is 11.1. The number of carbonyl (C=O) groups is 1. The molecule has 0 heterocycles. The molecule has 0 spiro atoms. The molecule has 3 rings (SSSR count).